The number of benzene rings is 1. The molecule has 0 amide bonds. The third-order valence-electron chi connectivity index (χ3n) is 2.50. The maximum absolute atomic E-state index is 11.1. The molecule has 0 unspecified atom stereocenters. The molecule has 17 heavy (non-hydrogen) atoms. The smallest absolute Gasteiger partial charge is 0.478 e. The molecule has 0 atom stereocenters. The van der Waals surface area contributed by atoms with E-state index in [2.05, 4.69) is 4.98 Å². The van der Waals surface area contributed by atoms with Gasteiger partial charge in [-0.3, -0.25) is 4.98 Å². The molecule has 86 valence electrons. The highest BCUT2D eigenvalue weighted by atomic mass is 16.4. The van der Waals surface area contributed by atoms with Crippen LogP contribution < -0.4 is 5.46 Å². The molecule has 1 aromatic heterocycles. The summed E-state index contributed by atoms with van der Waals surface area (Å²) in [4.78, 5) is 15.3. The van der Waals surface area contributed by atoms with Gasteiger partial charge >= 0.3 is 13.1 Å². The van der Waals surface area contributed by atoms with Gasteiger partial charge in [-0.05, 0) is 30.6 Å². The fourth-order valence-electron chi connectivity index (χ4n) is 1.84. The number of aryl methyl sites for hydroxylation is 1. The average molecular weight is 231 g/mol. The second kappa shape index (κ2) is 4.16. The molecule has 3 N–H and O–H groups in total. The van der Waals surface area contributed by atoms with E-state index in [-0.39, 0.29) is 16.4 Å². The van der Waals surface area contributed by atoms with E-state index in [1.807, 2.05) is 0 Å². The Kier molecular flexibility index (Phi) is 2.83. The monoisotopic (exact) mass is 231 g/mol. The van der Waals surface area contributed by atoms with Crippen LogP contribution in [0.5, 0.6) is 0 Å². The number of rotatable bonds is 2. The summed E-state index contributed by atoms with van der Waals surface area (Å²) in [7, 11) is -1.72. The van der Waals surface area contributed by atoms with Crippen LogP contribution in [0.4, 0.5) is 0 Å². The average Bonchev–Trinajstić information content (AvgIpc) is 2.26. The Balaban J connectivity index is 2.91. The third-order valence-corrected chi connectivity index (χ3v) is 2.50. The lowest BCUT2D eigenvalue weighted by Crippen LogP contribution is -2.32. The van der Waals surface area contributed by atoms with Crippen LogP contribution in [-0.2, 0) is 0 Å². The van der Waals surface area contributed by atoms with Crippen LogP contribution in [0.3, 0.4) is 0 Å². The summed E-state index contributed by atoms with van der Waals surface area (Å²) in [6.07, 6.45) is 0. The standard InChI is InChI=1S/C11H10BNO4/c1-6-5-8(12(16)17)10-7(11(14)15)3-2-4-9(10)13-6/h2-5,16-17H,1H3,(H,14,15). The first-order chi connectivity index (χ1) is 8.00. The molecular formula is C11H10BNO4. The van der Waals surface area contributed by atoms with E-state index in [9.17, 15) is 14.8 Å². The predicted molar refractivity (Wildman–Crippen MR) is 63.3 cm³/mol. The van der Waals surface area contributed by atoms with Gasteiger partial charge in [0.05, 0.1) is 11.1 Å². The van der Waals surface area contributed by atoms with Gasteiger partial charge in [0, 0.05) is 11.1 Å². The van der Waals surface area contributed by atoms with E-state index in [0.717, 1.165) is 0 Å². The lowest BCUT2D eigenvalue weighted by molar-refractivity contribution is 0.0699. The van der Waals surface area contributed by atoms with E-state index < -0.39 is 13.1 Å². The summed E-state index contributed by atoms with van der Waals surface area (Å²) in [5, 5.41) is 27.9. The first-order valence-electron chi connectivity index (χ1n) is 5.00. The quantitative estimate of drug-likeness (QED) is 0.629. The van der Waals surface area contributed by atoms with Gasteiger partial charge in [-0.15, -0.1) is 0 Å². The number of nitrogens with zero attached hydrogens (tertiary/aromatic N) is 1. The lowest BCUT2D eigenvalue weighted by atomic mass is 9.76. The summed E-state index contributed by atoms with van der Waals surface area (Å²) in [6.45, 7) is 1.71. The topological polar surface area (TPSA) is 90.7 Å². The molecule has 2 aromatic rings. The first kappa shape index (κ1) is 11.6. The van der Waals surface area contributed by atoms with Gasteiger partial charge in [-0.25, -0.2) is 4.79 Å². The fourth-order valence-corrected chi connectivity index (χ4v) is 1.84. The molecule has 5 nitrogen and oxygen atoms in total. The Bertz CT molecular complexity index is 597. The van der Waals surface area contributed by atoms with Gasteiger partial charge in [0.1, 0.15) is 0 Å². The Labute approximate surface area is 97.5 Å². The van der Waals surface area contributed by atoms with Crippen molar-refractivity contribution in [3.8, 4) is 0 Å². The molecule has 2 rings (SSSR count). The lowest BCUT2D eigenvalue weighted by Gasteiger charge is -2.09. The summed E-state index contributed by atoms with van der Waals surface area (Å²) in [5.41, 5.74) is 1.21. The highest BCUT2D eigenvalue weighted by Crippen LogP contribution is 2.16. The number of carboxylic acid groups (broad SMARTS) is 1. The SMILES string of the molecule is Cc1cc(B(O)O)c2c(C(=O)O)cccc2n1. The summed E-state index contributed by atoms with van der Waals surface area (Å²) < 4.78 is 0. The van der Waals surface area contributed by atoms with Gasteiger partial charge < -0.3 is 15.2 Å². The van der Waals surface area contributed by atoms with Crippen LogP contribution in [0.1, 0.15) is 16.1 Å². The maximum atomic E-state index is 11.1. The molecule has 0 saturated heterocycles. The van der Waals surface area contributed by atoms with Crippen molar-refractivity contribution in [1.29, 1.82) is 0 Å². The predicted octanol–water partition coefficient (Wildman–Crippen LogP) is -0.0788. The van der Waals surface area contributed by atoms with Crippen molar-refractivity contribution in [2.45, 2.75) is 6.92 Å². The number of carboxylic acids is 1. The van der Waals surface area contributed by atoms with E-state index in [4.69, 9.17) is 5.11 Å². The Morgan fingerprint density at radius 2 is 2.06 bits per heavy atom. The van der Waals surface area contributed by atoms with Crippen molar-refractivity contribution >= 4 is 29.5 Å². The molecule has 0 aliphatic heterocycles. The first-order valence-corrected chi connectivity index (χ1v) is 5.00. The van der Waals surface area contributed by atoms with Crippen LogP contribution in [0, 0.1) is 6.92 Å². The van der Waals surface area contributed by atoms with Crippen LogP contribution in [0.25, 0.3) is 10.9 Å². The van der Waals surface area contributed by atoms with Crippen molar-refractivity contribution in [2.24, 2.45) is 0 Å². The minimum atomic E-state index is -1.72. The summed E-state index contributed by atoms with van der Waals surface area (Å²) in [6, 6.07) is 6.10. The number of hydrogen-bond acceptors (Lipinski definition) is 4. The zero-order valence-corrected chi connectivity index (χ0v) is 9.08. The minimum absolute atomic E-state index is 0.0121. The minimum Gasteiger partial charge on any atom is -0.478 e. The molecular weight excluding hydrogens is 221 g/mol. The molecule has 1 heterocycles. The van der Waals surface area contributed by atoms with Crippen LogP contribution in [-0.4, -0.2) is 33.2 Å². The molecule has 0 spiro atoms. The second-order valence-electron chi connectivity index (χ2n) is 3.73. The third kappa shape index (κ3) is 2.00. The van der Waals surface area contributed by atoms with Crippen molar-refractivity contribution in [3.63, 3.8) is 0 Å². The molecule has 0 radical (unpaired) electrons. The number of fused-ring (bicyclic) bond motifs is 1. The van der Waals surface area contributed by atoms with Crippen LogP contribution in [0.2, 0.25) is 0 Å². The van der Waals surface area contributed by atoms with E-state index >= 15 is 0 Å². The molecule has 6 heteroatoms. The van der Waals surface area contributed by atoms with Crippen molar-refractivity contribution in [2.75, 3.05) is 0 Å². The second-order valence-corrected chi connectivity index (χ2v) is 3.73. The number of pyridine rings is 1. The van der Waals surface area contributed by atoms with Crippen LogP contribution in [0.15, 0.2) is 24.3 Å². The number of hydrogen-bond donors (Lipinski definition) is 3. The van der Waals surface area contributed by atoms with Gasteiger partial charge in [0.25, 0.3) is 0 Å². The Morgan fingerprint density at radius 3 is 2.65 bits per heavy atom. The zero-order chi connectivity index (χ0) is 12.6. The zero-order valence-electron chi connectivity index (χ0n) is 9.08. The van der Waals surface area contributed by atoms with Crippen molar-refractivity contribution in [3.05, 3.63) is 35.5 Å². The summed E-state index contributed by atoms with van der Waals surface area (Å²) >= 11 is 0. The fraction of sp³-hybridized carbons (Fsp3) is 0.0909. The Morgan fingerprint density at radius 1 is 1.35 bits per heavy atom. The largest absolute Gasteiger partial charge is 0.489 e. The van der Waals surface area contributed by atoms with E-state index in [1.54, 1.807) is 19.1 Å². The van der Waals surface area contributed by atoms with E-state index in [1.165, 1.54) is 12.1 Å². The van der Waals surface area contributed by atoms with Crippen molar-refractivity contribution < 1.29 is 19.9 Å². The van der Waals surface area contributed by atoms with Gasteiger partial charge in [-0.2, -0.15) is 0 Å². The number of carbonyl (C=O) groups is 1. The van der Waals surface area contributed by atoms with E-state index in [0.29, 0.717) is 11.2 Å². The molecule has 0 fully saturated rings. The normalized spacial score (nSPS) is 10.5. The highest BCUT2D eigenvalue weighted by molar-refractivity contribution is 6.62. The Hall–Kier alpha value is -1.92. The number of aromatic nitrogens is 1. The van der Waals surface area contributed by atoms with Gasteiger partial charge in [-0.1, -0.05) is 6.07 Å². The highest BCUT2D eigenvalue weighted by Gasteiger charge is 2.20. The number of aromatic carboxylic acids is 1. The summed E-state index contributed by atoms with van der Waals surface area (Å²) in [5.74, 6) is -1.12. The molecule has 0 aliphatic carbocycles. The molecule has 0 bridgehead atoms. The molecule has 0 saturated carbocycles. The van der Waals surface area contributed by atoms with Crippen LogP contribution >= 0.6 is 0 Å². The van der Waals surface area contributed by atoms with Crippen molar-refractivity contribution in [1.82, 2.24) is 4.98 Å². The maximum Gasteiger partial charge on any atom is 0.489 e. The van der Waals surface area contributed by atoms with Gasteiger partial charge in [0.2, 0.25) is 0 Å². The molecule has 1 aromatic carbocycles. The van der Waals surface area contributed by atoms with Gasteiger partial charge in [0.15, 0.2) is 0 Å². The molecule has 0 aliphatic rings.